The van der Waals surface area contributed by atoms with Crippen molar-refractivity contribution in [1.82, 2.24) is 9.21 Å². The van der Waals surface area contributed by atoms with Crippen molar-refractivity contribution in [3.8, 4) is 0 Å². The van der Waals surface area contributed by atoms with E-state index in [1.54, 1.807) is 30.1 Å². The van der Waals surface area contributed by atoms with Gasteiger partial charge in [-0.15, -0.1) is 0 Å². The number of sulfonamides is 1. The van der Waals surface area contributed by atoms with E-state index in [1.807, 2.05) is 0 Å². The molecule has 7 nitrogen and oxygen atoms in total. The predicted octanol–water partition coefficient (Wildman–Crippen LogP) is 2.09. The molecule has 0 radical (unpaired) electrons. The van der Waals surface area contributed by atoms with E-state index in [9.17, 15) is 13.2 Å². The minimum Gasteiger partial charge on any atom is -0.347 e. The van der Waals surface area contributed by atoms with Crippen molar-refractivity contribution in [2.24, 2.45) is 0 Å². The second kappa shape index (κ2) is 8.26. The summed E-state index contributed by atoms with van der Waals surface area (Å²) in [5, 5.41) is 0. The summed E-state index contributed by atoms with van der Waals surface area (Å²) >= 11 is 0. The minimum absolute atomic E-state index is 0.154. The second-order valence-electron chi connectivity index (χ2n) is 7.12. The van der Waals surface area contributed by atoms with Crippen molar-refractivity contribution in [3.63, 3.8) is 0 Å². The van der Waals surface area contributed by atoms with E-state index in [1.165, 1.54) is 10.4 Å². The maximum atomic E-state index is 13.0. The van der Waals surface area contributed by atoms with Crippen LogP contribution < -0.4 is 0 Å². The van der Waals surface area contributed by atoms with Gasteiger partial charge in [0.05, 0.1) is 18.1 Å². The van der Waals surface area contributed by atoms with Crippen molar-refractivity contribution in [3.05, 3.63) is 29.8 Å². The Hall–Kier alpha value is -1.48. The molecular weight excluding hydrogens is 368 g/mol. The van der Waals surface area contributed by atoms with Gasteiger partial charge in [-0.1, -0.05) is 19.4 Å². The highest BCUT2D eigenvalue weighted by molar-refractivity contribution is 7.89. The summed E-state index contributed by atoms with van der Waals surface area (Å²) in [4.78, 5) is 14.3. The van der Waals surface area contributed by atoms with Gasteiger partial charge in [0.1, 0.15) is 0 Å². The molecule has 1 aromatic carbocycles. The zero-order valence-electron chi connectivity index (χ0n) is 16.0. The van der Waals surface area contributed by atoms with Crippen LogP contribution in [0.1, 0.15) is 43.0 Å². The highest BCUT2D eigenvalue weighted by Crippen LogP contribution is 2.33. The van der Waals surface area contributed by atoms with Crippen molar-refractivity contribution in [1.29, 1.82) is 0 Å². The quantitative estimate of drug-likeness (QED) is 0.736. The van der Waals surface area contributed by atoms with E-state index in [0.29, 0.717) is 51.3 Å². The number of piperidine rings is 1. The van der Waals surface area contributed by atoms with Crippen LogP contribution in [-0.2, 0) is 19.5 Å². The minimum atomic E-state index is -3.66. The van der Waals surface area contributed by atoms with Crippen LogP contribution >= 0.6 is 0 Å². The van der Waals surface area contributed by atoms with Crippen molar-refractivity contribution >= 4 is 15.9 Å². The van der Waals surface area contributed by atoms with Gasteiger partial charge in [-0.2, -0.15) is 4.31 Å². The largest absolute Gasteiger partial charge is 0.347 e. The van der Waals surface area contributed by atoms with Gasteiger partial charge >= 0.3 is 0 Å². The third-order valence-corrected chi connectivity index (χ3v) is 7.10. The average molecular weight is 397 g/mol. The number of carbonyl (C=O) groups excluding carboxylic acids is 1. The first-order chi connectivity index (χ1) is 12.9. The molecule has 2 saturated heterocycles. The Kier molecular flexibility index (Phi) is 6.20. The first-order valence-electron chi connectivity index (χ1n) is 9.51. The molecule has 0 atom stereocenters. The molecule has 0 unspecified atom stereocenters. The summed E-state index contributed by atoms with van der Waals surface area (Å²) in [7, 11) is -1.91. The molecule has 2 heterocycles. The summed E-state index contributed by atoms with van der Waals surface area (Å²) < 4.78 is 38.8. The van der Waals surface area contributed by atoms with Crippen LogP contribution in [-0.4, -0.2) is 69.2 Å². The number of hydrogen-bond donors (Lipinski definition) is 0. The summed E-state index contributed by atoms with van der Waals surface area (Å²) in [6, 6.07) is 6.32. The SMILES string of the molecule is CCCCN(C)C(=O)c1cccc(S(=O)(=O)N2CCC3(CC2)OCCO3)c1. The fourth-order valence-electron chi connectivity index (χ4n) is 3.51. The van der Waals surface area contributed by atoms with E-state index >= 15 is 0 Å². The maximum Gasteiger partial charge on any atom is 0.253 e. The molecule has 2 aliphatic rings. The highest BCUT2D eigenvalue weighted by Gasteiger charge is 2.42. The molecule has 1 aromatic rings. The zero-order chi connectivity index (χ0) is 19.5. The predicted molar refractivity (Wildman–Crippen MR) is 101 cm³/mol. The molecular formula is C19H28N2O5S. The molecule has 8 heteroatoms. The molecule has 1 spiro atoms. The summed E-state index contributed by atoms with van der Waals surface area (Å²) in [5.41, 5.74) is 0.394. The Bertz CT molecular complexity index is 764. The Morgan fingerprint density at radius 3 is 2.52 bits per heavy atom. The maximum absolute atomic E-state index is 13.0. The molecule has 0 aliphatic carbocycles. The lowest BCUT2D eigenvalue weighted by atomic mass is 10.1. The number of nitrogens with zero attached hydrogens (tertiary/aromatic N) is 2. The summed E-state index contributed by atoms with van der Waals surface area (Å²) in [6.45, 7) is 4.52. The topological polar surface area (TPSA) is 76.2 Å². The van der Waals surface area contributed by atoms with Gasteiger partial charge in [0, 0.05) is 45.1 Å². The van der Waals surface area contributed by atoms with Crippen molar-refractivity contribution in [2.75, 3.05) is 39.9 Å². The number of unbranched alkanes of at least 4 members (excludes halogenated alkanes) is 1. The fraction of sp³-hybridized carbons (Fsp3) is 0.632. The van der Waals surface area contributed by atoms with E-state index in [4.69, 9.17) is 9.47 Å². The molecule has 1 amide bonds. The van der Waals surface area contributed by atoms with Gasteiger partial charge in [-0.05, 0) is 24.6 Å². The Labute approximate surface area is 161 Å². The molecule has 2 aliphatic heterocycles. The van der Waals surface area contributed by atoms with E-state index in [0.717, 1.165) is 12.8 Å². The lowest BCUT2D eigenvalue weighted by Crippen LogP contribution is -2.47. The third kappa shape index (κ3) is 4.34. The molecule has 3 rings (SSSR count). The van der Waals surface area contributed by atoms with Crippen LogP contribution in [0, 0.1) is 0 Å². The first kappa shape index (κ1) is 20.3. The Morgan fingerprint density at radius 1 is 1.22 bits per heavy atom. The van der Waals surface area contributed by atoms with Crippen LogP contribution in [0.25, 0.3) is 0 Å². The molecule has 27 heavy (non-hydrogen) atoms. The number of hydrogen-bond acceptors (Lipinski definition) is 5. The number of rotatable bonds is 6. The van der Waals surface area contributed by atoms with Crippen LogP contribution in [0.4, 0.5) is 0 Å². The standard InChI is InChI=1S/C19H28N2O5S/c1-3-4-10-20(2)18(22)16-6-5-7-17(15-16)27(23,24)21-11-8-19(9-12-21)25-13-14-26-19/h5-7,15H,3-4,8-14H2,1-2H3. The number of benzene rings is 1. The third-order valence-electron chi connectivity index (χ3n) is 5.21. The summed E-state index contributed by atoms with van der Waals surface area (Å²) in [5.74, 6) is -0.780. The van der Waals surface area contributed by atoms with Gasteiger partial charge in [-0.3, -0.25) is 4.79 Å². The molecule has 0 saturated carbocycles. The van der Waals surface area contributed by atoms with Crippen LogP contribution in [0.15, 0.2) is 29.2 Å². The van der Waals surface area contributed by atoms with Crippen LogP contribution in [0.5, 0.6) is 0 Å². The van der Waals surface area contributed by atoms with Gasteiger partial charge in [0.15, 0.2) is 5.79 Å². The van der Waals surface area contributed by atoms with Crippen molar-refractivity contribution in [2.45, 2.75) is 43.3 Å². The number of amides is 1. The molecule has 2 fully saturated rings. The number of carbonyl (C=O) groups is 1. The second-order valence-corrected chi connectivity index (χ2v) is 9.06. The van der Waals surface area contributed by atoms with Gasteiger partial charge in [-0.25, -0.2) is 8.42 Å². The van der Waals surface area contributed by atoms with E-state index < -0.39 is 15.8 Å². The summed E-state index contributed by atoms with van der Waals surface area (Å²) in [6.07, 6.45) is 2.95. The molecule has 0 N–H and O–H groups in total. The lowest BCUT2D eigenvalue weighted by molar-refractivity contribution is -0.179. The zero-order valence-corrected chi connectivity index (χ0v) is 16.8. The van der Waals surface area contributed by atoms with E-state index in [-0.39, 0.29) is 10.8 Å². The van der Waals surface area contributed by atoms with E-state index in [2.05, 4.69) is 6.92 Å². The van der Waals surface area contributed by atoms with Crippen LogP contribution in [0.2, 0.25) is 0 Å². The Balaban J connectivity index is 1.72. The first-order valence-corrected chi connectivity index (χ1v) is 11.0. The smallest absolute Gasteiger partial charge is 0.253 e. The fourth-order valence-corrected chi connectivity index (χ4v) is 5.00. The molecule has 150 valence electrons. The van der Waals surface area contributed by atoms with Gasteiger partial charge < -0.3 is 14.4 Å². The molecule has 0 aromatic heterocycles. The highest BCUT2D eigenvalue weighted by atomic mass is 32.2. The van der Waals surface area contributed by atoms with Crippen molar-refractivity contribution < 1.29 is 22.7 Å². The van der Waals surface area contributed by atoms with Crippen LogP contribution in [0.3, 0.4) is 0 Å². The van der Waals surface area contributed by atoms with Gasteiger partial charge in [0.2, 0.25) is 10.0 Å². The van der Waals surface area contributed by atoms with Gasteiger partial charge in [0.25, 0.3) is 5.91 Å². The number of ether oxygens (including phenoxy) is 2. The average Bonchev–Trinajstić information content (AvgIpc) is 3.13. The Morgan fingerprint density at radius 2 is 1.89 bits per heavy atom. The lowest BCUT2D eigenvalue weighted by Gasteiger charge is -2.36. The molecule has 0 bridgehead atoms. The normalized spacial score (nSPS) is 20.1. The monoisotopic (exact) mass is 396 g/mol.